The third-order valence-corrected chi connectivity index (χ3v) is 6.34. The Morgan fingerprint density at radius 1 is 1.15 bits per heavy atom. The number of nitrogens with one attached hydrogen (secondary N) is 1. The minimum atomic E-state index is -0.878. The predicted octanol–water partition coefficient (Wildman–Crippen LogP) is 5.53. The van der Waals surface area contributed by atoms with E-state index in [9.17, 15) is 9.59 Å². The van der Waals surface area contributed by atoms with Crippen LogP contribution >= 0.6 is 0 Å². The maximum atomic E-state index is 13.2. The fourth-order valence-electron chi connectivity index (χ4n) is 4.71. The van der Waals surface area contributed by atoms with Gasteiger partial charge in [0.2, 0.25) is 0 Å². The van der Waals surface area contributed by atoms with Crippen molar-refractivity contribution in [1.29, 1.82) is 0 Å². The van der Waals surface area contributed by atoms with Crippen molar-refractivity contribution in [3.05, 3.63) is 59.7 Å². The number of rotatable bonds is 8. The van der Waals surface area contributed by atoms with Crippen molar-refractivity contribution < 1.29 is 19.1 Å². The summed E-state index contributed by atoms with van der Waals surface area (Å²) in [6.07, 6.45) is 9.72. The molecule has 0 aromatic heterocycles. The Hall–Kier alpha value is -2.60. The van der Waals surface area contributed by atoms with Crippen LogP contribution in [0.3, 0.4) is 0 Å². The average molecular weight is 469 g/mol. The number of carbonyl (C=O) groups excluding carboxylic acids is 2. The van der Waals surface area contributed by atoms with E-state index in [1.54, 1.807) is 20.8 Å². The third kappa shape index (κ3) is 7.73. The van der Waals surface area contributed by atoms with E-state index < -0.39 is 23.7 Å². The summed E-state index contributed by atoms with van der Waals surface area (Å²) in [5.41, 5.74) is 1.39. The summed E-state index contributed by atoms with van der Waals surface area (Å²) in [4.78, 5) is 28.1. The lowest BCUT2D eigenvalue weighted by Crippen LogP contribution is -2.46. The number of hydrogen-bond donors (Lipinski definition) is 1. The van der Waals surface area contributed by atoms with E-state index in [1.807, 2.05) is 31.2 Å². The van der Waals surface area contributed by atoms with Gasteiger partial charge < -0.3 is 14.8 Å². The highest BCUT2D eigenvalue weighted by atomic mass is 16.6. The fraction of sp³-hybridized carbons (Fsp3) is 0.571. The summed E-state index contributed by atoms with van der Waals surface area (Å²) >= 11 is 0. The number of nitrogens with zero attached hydrogens (tertiary/aromatic N) is 1. The van der Waals surface area contributed by atoms with Crippen LogP contribution in [0, 0.1) is 0 Å². The molecule has 2 aliphatic rings. The smallest absolute Gasteiger partial charge is 0.408 e. The molecular weight excluding hydrogens is 428 g/mol. The Morgan fingerprint density at radius 3 is 2.53 bits per heavy atom. The van der Waals surface area contributed by atoms with Gasteiger partial charge >= 0.3 is 12.1 Å². The monoisotopic (exact) mass is 468 g/mol. The second kappa shape index (κ2) is 11.7. The van der Waals surface area contributed by atoms with Crippen molar-refractivity contribution in [3.63, 3.8) is 0 Å². The third-order valence-electron chi connectivity index (χ3n) is 6.34. The molecule has 1 aromatic rings. The second-order valence-corrected chi connectivity index (χ2v) is 10.5. The summed E-state index contributed by atoms with van der Waals surface area (Å²) in [5.74, 6) is -0.447. The van der Waals surface area contributed by atoms with Gasteiger partial charge in [-0.1, -0.05) is 48.6 Å². The minimum Gasteiger partial charge on any atom is -0.461 e. The van der Waals surface area contributed by atoms with E-state index in [4.69, 9.17) is 9.47 Å². The lowest BCUT2D eigenvalue weighted by atomic mass is 10.00. The van der Waals surface area contributed by atoms with Crippen molar-refractivity contribution in [3.8, 4) is 0 Å². The largest absolute Gasteiger partial charge is 0.461 e. The molecule has 1 N–H and O–H groups in total. The van der Waals surface area contributed by atoms with Gasteiger partial charge in [0.15, 0.2) is 6.04 Å². The first kappa shape index (κ1) is 26.0. The van der Waals surface area contributed by atoms with Crippen LogP contribution in [0.4, 0.5) is 4.79 Å². The Labute approximate surface area is 204 Å². The highest BCUT2D eigenvalue weighted by Gasteiger charge is 2.34. The minimum absolute atomic E-state index is 0.266. The van der Waals surface area contributed by atoms with Crippen LogP contribution in [0.1, 0.15) is 72.3 Å². The van der Waals surface area contributed by atoms with E-state index in [-0.39, 0.29) is 6.10 Å². The zero-order valence-electron chi connectivity index (χ0n) is 21.3. The van der Waals surface area contributed by atoms with E-state index in [0.717, 1.165) is 44.2 Å². The van der Waals surface area contributed by atoms with Crippen LogP contribution in [-0.4, -0.2) is 46.8 Å². The van der Waals surface area contributed by atoms with Crippen molar-refractivity contribution in [1.82, 2.24) is 10.2 Å². The molecule has 0 spiro atoms. The van der Waals surface area contributed by atoms with Crippen molar-refractivity contribution in [2.45, 2.75) is 103 Å². The van der Waals surface area contributed by atoms with Gasteiger partial charge in [0.1, 0.15) is 11.7 Å². The first-order chi connectivity index (χ1) is 16.1. The molecule has 1 aliphatic carbocycles. The quantitative estimate of drug-likeness (QED) is 0.508. The molecule has 1 heterocycles. The Kier molecular flexibility index (Phi) is 8.95. The number of amides is 1. The molecule has 0 saturated carbocycles. The standard InChI is InChI=1S/C28H40N2O4/c1-20-16-17-24(30(20)19-22-12-8-6-9-13-22)18-21(2)33-26(31)25(23-14-10-7-11-15-23)29-27(32)34-28(3,4)5/h6,8-10,12-15,20-21,24-25H,7,11,16-19H2,1-5H3,(H,29,32). The summed E-state index contributed by atoms with van der Waals surface area (Å²) < 4.78 is 11.3. The van der Waals surface area contributed by atoms with Gasteiger partial charge in [0, 0.05) is 18.6 Å². The molecule has 186 valence electrons. The second-order valence-electron chi connectivity index (χ2n) is 10.5. The van der Waals surface area contributed by atoms with Crippen LogP contribution in [0.2, 0.25) is 0 Å². The molecule has 1 saturated heterocycles. The van der Waals surface area contributed by atoms with Gasteiger partial charge in [-0.2, -0.15) is 0 Å². The number of benzene rings is 1. The van der Waals surface area contributed by atoms with Crippen LogP contribution in [0.25, 0.3) is 0 Å². The summed E-state index contributed by atoms with van der Waals surface area (Å²) in [7, 11) is 0. The van der Waals surface area contributed by atoms with Gasteiger partial charge in [-0.15, -0.1) is 0 Å². The first-order valence-corrected chi connectivity index (χ1v) is 12.5. The van der Waals surface area contributed by atoms with Gasteiger partial charge in [0.25, 0.3) is 0 Å². The SMILES string of the molecule is CC(CC1CCC(C)N1Cc1ccccc1)OC(=O)C(NC(=O)OC(C)(C)C)C1=CCCC=C1. The highest BCUT2D eigenvalue weighted by Crippen LogP contribution is 2.29. The molecule has 6 nitrogen and oxygen atoms in total. The number of allylic oxidation sites excluding steroid dienone is 2. The molecule has 4 atom stereocenters. The van der Waals surface area contributed by atoms with Crippen molar-refractivity contribution >= 4 is 12.1 Å². The number of ether oxygens (including phenoxy) is 2. The Balaban J connectivity index is 1.63. The number of carbonyl (C=O) groups is 2. The van der Waals surface area contributed by atoms with E-state index >= 15 is 0 Å². The maximum Gasteiger partial charge on any atom is 0.408 e. The Bertz CT molecular complexity index is 887. The summed E-state index contributed by atoms with van der Waals surface area (Å²) in [5, 5.41) is 2.72. The van der Waals surface area contributed by atoms with E-state index in [1.165, 1.54) is 5.56 Å². The van der Waals surface area contributed by atoms with Crippen LogP contribution in [-0.2, 0) is 20.8 Å². The summed E-state index contributed by atoms with van der Waals surface area (Å²) in [6, 6.07) is 10.5. The van der Waals surface area contributed by atoms with Crippen molar-refractivity contribution in [2.24, 2.45) is 0 Å². The normalized spacial score (nSPS) is 22.6. The fourth-order valence-corrected chi connectivity index (χ4v) is 4.71. The summed E-state index contributed by atoms with van der Waals surface area (Å²) in [6.45, 7) is 10.5. The van der Waals surface area contributed by atoms with Gasteiger partial charge in [-0.25, -0.2) is 9.59 Å². The van der Waals surface area contributed by atoms with Crippen LogP contribution < -0.4 is 5.32 Å². The maximum absolute atomic E-state index is 13.2. The molecule has 0 radical (unpaired) electrons. The lowest BCUT2D eigenvalue weighted by molar-refractivity contribution is -0.150. The number of likely N-dealkylation sites (tertiary alicyclic amines) is 1. The Morgan fingerprint density at radius 2 is 1.88 bits per heavy atom. The zero-order chi connectivity index (χ0) is 24.7. The lowest BCUT2D eigenvalue weighted by Gasteiger charge is -2.31. The number of hydrogen-bond acceptors (Lipinski definition) is 5. The molecule has 1 aliphatic heterocycles. The molecule has 6 heteroatoms. The topological polar surface area (TPSA) is 67.9 Å². The molecule has 3 rings (SSSR count). The van der Waals surface area contributed by atoms with E-state index in [2.05, 4.69) is 41.4 Å². The zero-order valence-corrected chi connectivity index (χ0v) is 21.3. The first-order valence-electron chi connectivity index (χ1n) is 12.5. The molecule has 1 fully saturated rings. The predicted molar refractivity (Wildman–Crippen MR) is 134 cm³/mol. The molecule has 4 unspecified atom stereocenters. The van der Waals surface area contributed by atoms with Crippen molar-refractivity contribution in [2.75, 3.05) is 0 Å². The average Bonchev–Trinajstić information content (AvgIpc) is 3.11. The molecule has 34 heavy (non-hydrogen) atoms. The number of alkyl carbamates (subject to hydrolysis) is 1. The molecule has 0 bridgehead atoms. The molecule has 1 aromatic carbocycles. The van der Waals surface area contributed by atoms with Crippen LogP contribution in [0.15, 0.2) is 54.1 Å². The highest BCUT2D eigenvalue weighted by molar-refractivity contribution is 5.85. The van der Waals surface area contributed by atoms with Gasteiger partial charge in [-0.05, 0) is 77.9 Å². The van der Waals surface area contributed by atoms with Gasteiger partial charge in [-0.3, -0.25) is 4.90 Å². The molecule has 1 amide bonds. The molecular formula is C28H40N2O4. The number of esters is 1. The van der Waals surface area contributed by atoms with E-state index in [0.29, 0.717) is 12.1 Å². The van der Waals surface area contributed by atoms with Crippen LogP contribution in [0.5, 0.6) is 0 Å². The van der Waals surface area contributed by atoms with Gasteiger partial charge in [0.05, 0.1) is 0 Å².